The summed E-state index contributed by atoms with van der Waals surface area (Å²) in [6, 6.07) is 27.9. The average Bonchev–Trinajstić information content (AvgIpc) is 3.82. The molecule has 1 aliphatic heterocycles. The number of imidazole rings is 1. The molecule has 54 heavy (non-hydrogen) atoms. The Bertz CT molecular complexity index is 2010. The normalized spacial score (nSPS) is 17.9. The molecule has 6 unspecified atom stereocenters. The molecule has 13 heteroatoms. The zero-order valence-electron chi connectivity index (χ0n) is 31.4. The summed E-state index contributed by atoms with van der Waals surface area (Å²) < 4.78 is 24.6. The number of ether oxygens (including phenoxy) is 3. The van der Waals surface area contributed by atoms with E-state index in [2.05, 4.69) is 37.4 Å². The fraction of sp³-hybridized carbons (Fsp3) is 0.366. The van der Waals surface area contributed by atoms with Gasteiger partial charge < -0.3 is 28.8 Å². The van der Waals surface area contributed by atoms with Crippen molar-refractivity contribution in [3.05, 3.63) is 152 Å². The van der Waals surface area contributed by atoms with Gasteiger partial charge in [0.2, 0.25) is 0 Å². The lowest BCUT2D eigenvalue weighted by Gasteiger charge is -2.37. The van der Waals surface area contributed by atoms with Crippen LogP contribution in [-0.2, 0) is 19.6 Å². The van der Waals surface area contributed by atoms with E-state index in [9.17, 15) is 14.7 Å². The van der Waals surface area contributed by atoms with Gasteiger partial charge in [0, 0.05) is 39.5 Å². The number of aliphatic hydroxyl groups excluding tert-OH is 1. The smallest absolute Gasteiger partial charge is 0.330 e. The van der Waals surface area contributed by atoms with E-state index in [1.165, 1.54) is 10.8 Å². The molecule has 5 aromatic rings. The number of H-pyrrole nitrogens is 2. The minimum absolute atomic E-state index is 0.0452. The molecule has 6 atom stereocenters. The van der Waals surface area contributed by atoms with Gasteiger partial charge in [0.1, 0.15) is 23.7 Å². The van der Waals surface area contributed by atoms with Gasteiger partial charge in [0.15, 0.2) is 0 Å². The van der Waals surface area contributed by atoms with Crippen LogP contribution in [0.15, 0.2) is 107 Å². The van der Waals surface area contributed by atoms with Crippen molar-refractivity contribution in [2.45, 2.75) is 83.5 Å². The van der Waals surface area contributed by atoms with Gasteiger partial charge >= 0.3 is 5.69 Å². The van der Waals surface area contributed by atoms with Gasteiger partial charge in [-0.1, -0.05) is 85.6 Å². The number of benzene rings is 3. The van der Waals surface area contributed by atoms with E-state index in [0.717, 1.165) is 46.5 Å². The van der Waals surface area contributed by atoms with Crippen LogP contribution >= 0.6 is 9.47 Å². The molecule has 3 N–H and O–H groups in total. The predicted octanol–water partition coefficient (Wildman–Crippen LogP) is 6.41. The van der Waals surface area contributed by atoms with Gasteiger partial charge in [-0.25, -0.2) is 9.78 Å². The van der Waals surface area contributed by atoms with Gasteiger partial charge in [0.05, 0.1) is 44.7 Å². The second-order valence-electron chi connectivity index (χ2n) is 13.0. The van der Waals surface area contributed by atoms with Gasteiger partial charge in [-0.2, -0.15) is 5.26 Å². The highest BCUT2D eigenvalue weighted by molar-refractivity contribution is 7.09. The second kappa shape index (κ2) is 20.5. The first kappa shape index (κ1) is 41.9. The van der Waals surface area contributed by atoms with E-state index in [1.54, 1.807) is 26.6 Å². The number of hydrogen-bond donors (Lipinski definition) is 3. The van der Waals surface area contributed by atoms with Crippen molar-refractivity contribution in [1.29, 1.82) is 5.26 Å². The van der Waals surface area contributed by atoms with E-state index < -0.39 is 35.3 Å². The summed E-state index contributed by atoms with van der Waals surface area (Å²) in [6.45, 7) is 7.74. The monoisotopic (exact) mass is 755 g/mol. The molecule has 0 saturated carbocycles. The molecule has 12 nitrogen and oxygen atoms in total. The summed E-state index contributed by atoms with van der Waals surface area (Å²) in [5.41, 5.74) is 3.28. The quantitative estimate of drug-likeness (QED) is 0.0964. The molecule has 3 heterocycles. The topological polar surface area (TPSA) is 164 Å². The molecule has 0 spiro atoms. The summed E-state index contributed by atoms with van der Waals surface area (Å²) in [5, 5.41) is 19.2. The van der Waals surface area contributed by atoms with Gasteiger partial charge in [-0.05, 0) is 56.0 Å². The summed E-state index contributed by atoms with van der Waals surface area (Å²) in [5.74, 6) is 0.726. The molecule has 286 valence electrons. The zero-order chi connectivity index (χ0) is 39.1. The Morgan fingerprint density at radius 3 is 2.22 bits per heavy atom. The molecule has 1 fully saturated rings. The highest BCUT2D eigenvalue weighted by Gasteiger charge is 2.42. The van der Waals surface area contributed by atoms with Crippen LogP contribution in [0, 0.1) is 32.1 Å². The Kier molecular flexibility index (Phi) is 15.9. The Morgan fingerprint density at radius 2 is 1.69 bits per heavy atom. The summed E-state index contributed by atoms with van der Waals surface area (Å²) in [7, 11) is 3.82. The average molecular weight is 756 g/mol. The van der Waals surface area contributed by atoms with Gasteiger partial charge in [-0.3, -0.25) is 14.3 Å². The highest BCUT2D eigenvalue weighted by atomic mass is 31.0. The molecule has 0 bridgehead atoms. The lowest BCUT2D eigenvalue weighted by atomic mass is 9.79. The molecule has 6 rings (SSSR count). The first-order chi connectivity index (χ1) is 26.1. The Labute approximate surface area is 318 Å². The second-order valence-corrected chi connectivity index (χ2v) is 13.3. The van der Waals surface area contributed by atoms with Crippen LogP contribution in [0.1, 0.15) is 72.3 Å². The minimum atomic E-state index is -1.02. The maximum absolute atomic E-state index is 12.4. The van der Waals surface area contributed by atoms with E-state index >= 15 is 0 Å². The van der Waals surface area contributed by atoms with E-state index in [1.807, 2.05) is 92.7 Å². The van der Waals surface area contributed by atoms with Crippen molar-refractivity contribution in [2.75, 3.05) is 13.7 Å². The van der Waals surface area contributed by atoms with Crippen molar-refractivity contribution >= 4 is 9.47 Å². The van der Waals surface area contributed by atoms with Crippen LogP contribution in [0.3, 0.4) is 0 Å². The van der Waals surface area contributed by atoms with Crippen LogP contribution < -0.4 is 16.0 Å². The molecule has 1 aliphatic rings. The van der Waals surface area contributed by atoms with E-state index in [-0.39, 0.29) is 19.1 Å². The van der Waals surface area contributed by atoms with Crippen molar-refractivity contribution in [2.24, 2.45) is 0 Å². The molecule has 3 aromatic carbocycles. The fourth-order valence-electron chi connectivity index (χ4n) is 6.05. The van der Waals surface area contributed by atoms with Crippen molar-refractivity contribution in [1.82, 2.24) is 19.5 Å². The summed E-state index contributed by atoms with van der Waals surface area (Å²) in [6.07, 6.45) is 5.42. The molecule has 1 saturated heterocycles. The molecule has 0 aliphatic carbocycles. The number of hydrogen-bond acceptors (Lipinski definition) is 9. The van der Waals surface area contributed by atoms with E-state index in [4.69, 9.17) is 24.0 Å². The Hall–Kier alpha value is -4.89. The van der Waals surface area contributed by atoms with Crippen molar-refractivity contribution in [3.63, 3.8) is 0 Å². The van der Waals surface area contributed by atoms with Crippen LogP contribution in [0.4, 0.5) is 0 Å². The van der Waals surface area contributed by atoms with Gasteiger partial charge in [0.25, 0.3) is 5.56 Å². The number of methoxy groups -OCH3 is 1. The third-order valence-corrected chi connectivity index (χ3v) is 9.40. The van der Waals surface area contributed by atoms with Crippen LogP contribution in [-0.4, -0.2) is 56.7 Å². The largest absolute Gasteiger partial charge is 0.497 e. The lowest BCUT2D eigenvalue weighted by molar-refractivity contribution is -0.0944. The number of aryl methyl sites for hydroxylation is 3. The maximum Gasteiger partial charge on any atom is 0.330 e. The summed E-state index contributed by atoms with van der Waals surface area (Å²) in [4.78, 5) is 33.2. The molecular formula is C41H50N5O7P. The third-order valence-electron chi connectivity index (χ3n) is 9.02. The first-order valence-electron chi connectivity index (χ1n) is 17.8. The standard InChI is InChI=1S/C31H32N2O6.C6H12NOP.C4H6N2/c1-20-9-11-23(12-10-20)31(22-7-5-4-6-8-22,24-13-15-25(37-3)16-14-24)38-19-27-26(34)17-28(39-27)33-18-21(2)29(35)32-30(33)36;1-2-3-6(8-9)4-5-7;1-4-2-5-3-6-4/h4-16,18,26-28,34H,17,19H2,1-3H3,(H,32,35,36);6H,2-4,9H2,1H3;2-3H,1H3,(H,5,6). The number of aromatic amines is 2. The number of nitriles is 1. The van der Waals surface area contributed by atoms with Crippen molar-refractivity contribution in [3.8, 4) is 11.8 Å². The fourth-order valence-corrected chi connectivity index (χ4v) is 6.28. The predicted molar refractivity (Wildman–Crippen MR) is 210 cm³/mol. The van der Waals surface area contributed by atoms with Crippen LogP contribution in [0.25, 0.3) is 0 Å². The highest BCUT2D eigenvalue weighted by Crippen LogP contribution is 2.42. The minimum Gasteiger partial charge on any atom is -0.497 e. The molecular weight excluding hydrogens is 705 g/mol. The lowest BCUT2D eigenvalue weighted by Crippen LogP contribution is -2.38. The maximum atomic E-state index is 12.4. The number of nitrogens with one attached hydrogen (secondary N) is 2. The zero-order valence-corrected chi connectivity index (χ0v) is 32.6. The Balaban J connectivity index is 0.000000361. The summed E-state index contributed by atoms with van der Waals surface area (Å²) >= 11 is 0. The third kappa shape index (κ3) is 10.8. The van der Waals surface area contributed by atoms with Gasteiger partial charge in [-0.15, -0.1) is 0 Å². The van der Waals surface area contributed by atoms with Crippen LogP contribution in [0.5, 0.6) is 5.75 Å². The number of rotatable bonds is 12. The SMILES string of the molecule is CCCC(CC#N)OP.COc1ccc(C(OCC2OC(n3cc(C)c(=O)[nH]c3=O)CC2O)(c2ccccc2)c2ccc(C)cc2)cc1.Cc1cnc[nH]1. The first-order valence-corrected chi connectivity index (χ1v) is 18.3. The number of aliphatic hydroxyl groups is 1. The Morgan fingerprint density at radius 1 is 1.04 bits per heavy atom. The number of aromatic nitrogens is 4. The molecule has 0 radical (unpaired) electrons. The molecule has 2 aromatic heterocycles. The molecule has 0 amide bonds. The number of nitrogens with zero attached hydrogens (tertiary/aromatic N) is 3. The van der Waals surface area contributed by atoms with E-state index in [0.29, 0.717) is 12.0 Å². The van der Waals surface area contributed by atoms with Crippen molar-refractivity contribution < 1.29 is 23.8 Å². The van der Waals surface area contributed by atoms with Crippen LogP contribution in [0.2, 0.25) is 0 Å².